The van der Waals surface area contributed by atoms with Crippen molar-refractivity contribution in [2.45, 2.75) is 23.4 Å². The second kappa shape index (κ2) is 4.57. The number of thiazole rings is 1. The molecule has 0 aliphatic carbocycles. The summed E-state index contributed by atoms with van der Waals surface area (Å²) in [5.41, 5.74) is 0.848. The van der Waals surface area contributed by atoms with Gasteiger partial charge in [-0.15, -0.1) is 11.3 Å². The zero-order chi connectivity index (χ0) is 11.7. The van der Waals surface area contributed by atoms with Gasteiger partial charge in [-0.25, -0.2) is 9.97 Å². The number of aldehydes is 1. The first-order valence-corrected chi connectivity index (χ1v) is 6.34. The number of carbonyl (C=O) groups is 1. The molecule has 2 heterocycles. The van der Waals surface area contributed by atoms with Crippen LogP contribution in [0.5, 0.6) is 0 Å². The Morgan fingerprint density at radius 2 is 2.19 bits per heavy atom. The van der Waals surface area contributed by atoms with Crippen molar-refractivity contribution in [2.75, 3.05) is 0 Å². The predicted octanol–water partition coefficient (Wildman–Crippen LogP) is 3.37. The van der Waals surface area contributed by atoms with E-state index in [1.165, 1.54) is 23.1 Å². The summed E-state index contributed by atoms with van der Waals surface area (Å²) in [4.78, 5) is 19.2. The highest BCUT2D eigenvalue weighted by atomic mass is 35.5. The van der Waals surface area contributed by atoms with Crippen LogP contribution in [0.1, 0.15) is 21.1 Å². The SMILES string of the molecule is Cc1nc(Sc2nc(Cl)c(C=O)s2)oc1C. The molecule has 0 radical (unpaired) electrons. The van der Waals surface area contributed by atoms with Crippen molar-refractivity contribution in [1.82, 2.24) is 9.97 Å². The number of carbonyl (C=O) groups excluding carboxylic acids is 1. The number of oxazole rings is 1. The molecule has 0 aliphatic heterocycles. The van der Waals surface area contributed by atoms with Crippen molar-refractivity contribution in [3.8, 4) is 0 Å². The predicted molar refractivity (Wildman–Crippen MR) is 62.6 cm³/mol. The molecule has 4 nitrogen and oxygen atoms in total. The smallest absolute Gasteiger partial charge is 0.263 e. The Labute approximate surface area is 105 Å². The number of hydrogen-bond donors (Lipinski definition) is 0. The summed E-state index contributed by atoms with van der Waals surface area (Å²) in [6, 6.07) is 0. The molecule has 0 aliphatic rings. The number of aromatic nitrogens is 2. The number of rotatable bonds is 3. The average Bonchev–Trinajstić information content (AvgIpc) is 2.72. The van der Waals surface area contributed by atoms with Crippen molar-refractivity contribution in [1.29, 1.82) is 0 Å². The highest BCUT2D eigenvalue weighted by Gasteiger charge is 2.13. The van der Waals surface area contributed by atoms with Crippen LogP contribution in [-0.2, 0) is 0 Å². The van der Waals surface area contributed by atoms with Crippen molar-refractivity contribution in [3.05, 3.63) is 21.5 Å². The summed E-state index contributed by atoms with van der Waals surface area (Å²) < 4.78 is 6.03. The third-order valence-electron chi connectivity index (χ3n) is 1.88. The lowest BCUT2D eigenvalue weighted by molar-refractivity contribution is 0.112. The molecule has 2 aromatic rings. The molecule has 0 bridgehead atoms. The van der Waals surface area contributed by atoms with Gasteiger partial charge in [-0.1, -0.05) is 11.6 Å². The first-order chi connectivity index (χ1) is 7.60. The molecule has 0 amide bonds. The minimum Gasteiger partial charge on any atom is -0.436 e. The maximum atomic E-state index is 10.6. The van der Waals surface area contributed by atoms with E-state index < -0.39 is 0 Å². The Kier molecular flexibility index (Phi) is 3.32. The van der Waals surface area contributed by atoms with Gasteiger partial charge < -0.3 is 4.42 Å². The van der Waals surface area contributed by atoms with E-state index in [4.69, 9.17) is 16.0 Å². The number of aryl methyl sites for hydroxylation is 2. The standard InChI is InChI=1S/C9H7ClN2O2S2/c1-4-5(2)14-8(11-4)16-9-12-7(10)6(3-13)15-9/h3H,1-2H3. The Balaban J connectivity index is 2.23. The minimum absolute atomic E-state index is 0.225. The summed E-state index contributed by atoms with van der Waals surface area (Å²) in [5.74, 6) is 0.778. The van der Waals surface area contributed by atoms with Gasteiger partial charge in [0.15, 0.2) is 15.8 Å². The van der Waals surface area contributed by atoms with E-state index in [1.54, 1.807) is 0 Å². The highest BCUT2D eigenvalue weighted by Crippen LogP contribution is 2.34. The third kappa shape index (κ3) is 2.28. The van der Waals surface area contributed by atoms with Crippen LogP contribution in [0.3, 0.4) is 0 Å². The number of halogens is 1. The first kappa shape index (κ1) is 11.6. The van der Waals surface area contributed by atoms with Crippen molar-refractivity contribution in [2.24, 2.45) is 0 Å². The van der Waals surface area contributed by atoms with Crippen LogP contribution < -0.4 is 0 Å². The summed E-state index contributed by atoms with van der Waals surface area (Å²) in [7, 11) is 0. The highest BCUT2D eigenvalue weighted by molar-refractivity contribution is 8.00. The second-order valence-corrected chi connectivity index (χ2v) is 5.56. The van der Waals surface area contributed by atoms with Gasteiger partial charge in [0.05, 0.1) is 5.69 Å². The van der Waals surface area contributed by atoms with Gasteiger partial charge in [0.2, 0.25) is 0 Å². The number of nitrogens with zero attached hydrogens (tertiary/aromatic N) is 2. The topological polar surface area (TPSA) is 56.0 Å². The molecule has 7 heteroatoms. The van der Waals surface area contributed by atoms with Crippen LogP contribution in [0.2, 0.25) is 5.15 Å². The normalized spacial score (nSPS) is 10.7. The second-order valence-electron chi connectivity index (χ2n) is 2.98. The van der Waals surface area contributed by atoms with Gasteiger partial charge in [0.25, 0.3) is 5.22 Å². The van der Waals surface area contributed by atoms with E-state index in [2.05, 4.69) is 9.97 Å². The van der Waals surface area contributed by atoms with Crippen LogP contribution in [0.25, 0.3) is 0 Å². The molecule has 0 saturated heterocycles. The van der Waals surface area contributed by atoms with E-state index in [9.17, 15) is 4.79 Å². The summed E-state index contributed by atoms with van der Waals surface area (Å²) in [6.45, 7) is 3.71. The van der Waals surface area contributed by atoms with Gasteiger partial charge >= 0.3 is 0 Å². The van der Waals surface area contributed by atoms with Gasteiger partial charge in [-0.2, -0.15) is 0 Å². The molecule has 16 heavy (non-hydrogen) atoms. The Bertz CT molecular complexity index is 516. The van der Waals surface area contributed by atoms with E-state index in [-0.39, 0.29) is 5.15 Å². The first-order valence-electron chi connectivity index (χ1n) is 4.33. The maximum Gasteiger partial charge on any atom is 0.263 e. The molecule has 2 rings (SSSR count). The van der Waals surface area contributed by atoms with Crippen LogP contribution in [-0.4, -0.2) is 16.3 Å². The molecule has 0 atom stereocenters. The largest absolute Gasteiger partial charge is 0.436 e. The molecule has 0 N–H and O–H groups in total. The van der Waals surface area contributed by atoms with E-state index in [0.29, 0.717) is 20.7 Å². The quantitative estimate of drug-likeness (QED) is 0.803. The molecule has 84 valence electrons. The molecule has 0 fully saturated rings. The molecular formula is C9H7ClN2O2S2. The maximum absolute atomic E-state index is 10.6. The fraction of sp³-hybridized carbons (Fsp3) is 0.222. The van der Waals surface area contributed by atoms with Gasteiger partial charge in [-0.05, 0) is 13.8 Å². The summed E-state index contributed by atoms with van der Waals surface area (Å²) >= 11 is 8.23. The summed E-state index contributed by atoms with van der Waals surface area (Å²) in [6.07, 6.45) is 0.691. The Morgan fingerprint density at radius 1 is 1.44 bits per heavy atom. The zero-order valence-electron chi connectivity index (χ0n) is 8.48. The number of hydrogen-bond acceptors (Lipinski definition) is 6. The van der Waals surface area contributed by atoms with Crippen LogP contribution in [0.15, 0.2) is 14.0 Å². The lowest BCUT2D eigenvalue weighted by Crippen LogP contribution is -1.73. The molecule has 0 aromatic carbocycles. The van der Waals surface area contributed by atoms with Gasteiger partial charge in [0.1, 0.15) is 10.6 Å². The molecule has 0 spiro atoms. The Morgan fingerprint density at radius 3 is 2.69 bits per heavy atom. The van der Waals surface area contributed by atoms with Crippen molar-refractivity contribution < 1.29 is 9.21 Å². The monoisotopic (exact) mass is 274 g/mol. The molecule has 0 saturated carbocycles. The van der Waals surface area contributed by atoms with Crippen LogP contribution in [0.4, 0.5) is 0 Å². The fourth-order valence-electron chi connectivity index (χ4n) is 0.972. The average molecular weight is 275 g/mol. The lowest BCUT2D eigenvalue weighted by atomic mass is 10.4. The van der Waals surface area contributed by atoms with Crippen LogP contribution in [0, 0.1) is 13.8 Å². The third-order valence-corrected chi connectivity index (χ3v) is 4.17. The molecule has 0 unspecified atom stereocenters. The zero-order valence-corrected chi connectivity index (χ0v) is 10.9. The van der Waals surface area contributed by atoms with Crippen LogP contribution >= 0.6 is 34.7 Å². The summed E-state index contributed by atoms with van der Waals surface area (Å²) in [5, 5.41) is 0.736. The fourth-order valence-corrected chi connectivity index (χ4v) is 3.11. The van der Waals surface area contributed by atoms with Gasteiger partial charge in [0, 0.05) is 11.8 Å². The van der Waals surface area contributed by atoms with E-state index in [1.807, 2.05) is 13.8 Å². The van der Waals surface area contributed by atoms with E-state index in [0.717, 1.165) is 11.5 Å². The van der Waals surface area contributed by atoms with E-state index >= 15 is 0 Å². The lowest BCUT2D eigenvalue weighted by Gasteiger charge is -1.87. The minimum atomic E-state index is 0.225. The molecule has 2 aromatic heterocycles. The van der Waals surface area contributed by atoms with Crippen molar-refractivity contribution >= 4 is 41.0 Å². The Hall–Kier alpha value is -0.850. The van der Waals surface area contributed by atoms with Crippen molar-refractivity contribution in [3.63, 3.8) is 0 Å². The van der Waals surface area contributed by atoms with Gasteiger partial charge in [-0.3, -0.25) is 4.79 Å². The molecular weight excluding hydrogens is 268 g/mol.